The molecule has 0 aliphatic heterocycles. The predicted octanol–water partition coefficient (Wildman–Crippen LogP) is 2.63. The Morgan fingerprint density at radius 1 is 1.28 bits per heavy atom. The first-order valence-corrected chi connectivity index (χ1v) is 5.39. The lowest BCUT2D eigenvalue weighted by Gasteiger charge is -1.96. The molecule has 0 unspecified atom stereocenters. The third kappa shape index (κ3) is 1.79. The van der Waals surface area contributed by atoms with Gasteiger partial charge < -0.3 is 9.40 Å². The number of aromatic nitrogens is 2. The van der Waals surface area contributed by atoms with Crippen molar-refractivity contribution in [3.8, 4) is 11.5 Å². The van der Waals surface area contributed by atoms with Crippen molar-refractivity contribution in [1.29, 1.82) is 0 Å². The van der Waals surface area contributed by atoms with E-state index in [9.17, 15) is 9.18 Å². The molecule has 5 heteroatoms. The van der Waals surface area contributed by atoms with E-state index in [1.165, 1.54) is 12.1 Å². The second kappa shape index (κ2) is 3.80. The van der Waals surface area contributed by atoms with E-state index in [0.29, 0.717) is 28.1 Å². The molecule has 3 rings (SSSR count). The first-order chi connectivity index (χ1) is 8.61. The molecule has 0 saturated carbocycles. The zero-order chi connectivity index (χ0) is 12.7. The van der Waals surface area contributed by atoms with Crippen LogP contribution in [0.5, 0.6) is 0 Å². The number of H-pyrrole nitrogens is 1. The molecule has 18 heavy (non-hydrogen) atoms. The summed E-state index contributed by atoms with van der Waals surface area (Å²) < 4.78 is 18.6. The maximum atomic E-state index is 13.1. The summed E-state index contributed by atoms with van der Waals surface area (Å²) in [4.78, 5) is 17.7. The first kappa shape index (κ1) is 10.7. The normalized spacial score (nSPS) is 11.0. The zero-order valence-corrected chi connectivity index (χ0v) is 9.53. The highest BCUT2D eigenvalue weighted by Crippen LogP contribution is 2.26. The smallest absolute Gasteiger partial charge is 0.345 e. The second-order valence-corrected chi connectivity index (χ2v) is 4.05. The Kier molecular flexibility index (Phi) is 2.26. The van der Waals surface area contributed by atoms with E-state index < -0.39 is 5.69 Å². The Labute approximate surface area is 101 Å². The Balaban J connectivity index is 2.22. The van der Waals surface area contributed by atoms with Gasteiger partial charge in [0.25, 0.3) is 0 Å². The Morgan fingerprint density at radius 3 is 2.89 bits per heavy atom. The lowest BCUT2D eigenvalue weighted by molar-refractivity contribution is 0.617. The Hall–Kier alpha value is -2.43. The molecule has 0 radical (unpaired) electrons. The number of benzene rings is 1. The van der Waals surface area contributed by atoms with Crippen molar-refractivity contribution in [1.82, 2.24) is 9.97 Å². The molecule has 0 spiro atoms. The molecule has 0 fully saturated rings. The van der Waals surface area contributed by atoms with Crippen LogP contribution in [0.4, 0.5) is 4.39 Å². The van der Waals surface area contributed by atoms with Gasteiger partial charge in [0.15, 0.2) is 5.76 Å². The summed E-state index contributed by atoms with van der Waals surface area (Å²) >= 11 is 0. The SMILES string of the molecule is Cc1cc(-c2cc3cc(F)ccc3o2)nc(=O)[nH]1. The summed E-state index contributed by atoms with van der Waals surface area (Å²) in [7, 11) is 0. The fraction of sp³-hybridized carbons (Fsp3) is 0.0769. The maximum absolute atomic E-state index is 13.1. The molecule has 0 amide bonds. The largest absolute Gasteiger partial charge is 0.454 e. The summed E-state index contributed by atoms with van der Waals surface area (Å²) in [5.41, 5.74) is 1.26. The van der Waals surface area contributed by atoms with E-state index in [1.54, 1.807) is 25.1 Å². The standard InChI is InChI=1S/C13H9FN2O2/c1-7-4-10(16-13(17)15-7)12-6-8-5-9(14)2-3-11(8)18-12/h2-6H,1H3,(H,15,16,17). The number of fused-ring (bicyclic) bond motifs is 1. The van der Waals surface area contributed by atoms with E-state index in [4.69, 9.17) is 4.42 Å². The van der Waals surface area contributed by atoms with Gasteiger partial charge in [0, 0.05) is 11.1 Å². The van der Waals surface area contributed by atoms with Gasteiger partial charge in [-0.1, -0.05) is 0 Å². The van der Waals surface area contributed by atoms with Gasteiger partial charge in [-0.2, -0.15) is 4.98 Å². The number of furan rings is 1. The molecule has 0 aliphatic carbocycles. The van der Waals surface area contributed by atoms with Crippen LogP contribution < -0.4 is 5.69 Å². The summed E-state index contributed by atoms with van der Waals surface area (Å²) in [6.07, 6.45) is 0. The number of hydrogen-bond acceptors (Lipinski definition) is 3. The molecule has 0 aliphatic rings. The Morgan fingerprint density at radius 2 is 2.11 bits per heavy atom. The van der Waals surface area contributed by atoms with Crippen LogP contribution in [0.25, 0.3) is 22.4 Å². The summed E-state index contributed by atoms with van der Waals surface area (Å²) in [6.45, 7) is 1.76. The average Bonchev–Trinajstić information content (AvgIpc) is 2.70. The fourth-order valence-electron chi connectivity index (χ4n) is 1.85. The van der Waals surface area contributed by atoms with Gasteiger partial charge in [0.1, 0.15) is 17.1 Å². The minimum absolute atomic E-state index is 0.329. The molecule has 2 aromatic heterocycles. The number of aryl methyl sites for hydroxylation is 1. The predicted molar refractivity (Wildman–Crippen MR) is 64.8 cm³/mol. The van der Waals surface area contributed by atoms with E-state index in [-0.39, 0.29) is 5.82 Å². The fourth-order valence-corrected chi connectivity index (χ4v) is 1.85. The van der Waals surface area contributed by atoms with Crippen molar-refractivity contribution < 1.29 is 8.81 Å². The minimum Gasteiger partial charge on any atom is -0.454 e. The molecule has 3 aromatic rings. The van der Waals surface area contributed by atoms with Gasteiger partial charge in [-0.05, 0) is 37.3 Å². The maximum Gasteiger partial charge on any atom is 0.345 e. The second-order valence-electron chi connectivity index (χ2n) is 4.05. The van der Waals surface area contributed by atoms with Gasteiger partial charge in [-0.15, -0.1) is 0 Å². The van der Waals surface area contributed by atoms with Gasteiger partial charge in [0.2, 0.25) is 0 Å². The van der Waals surface area contributed by atoms with Crippen LogP contribution in [0.1, 0.15) is 5.69 Å². The van der Waals surface area contributed by atoms with Gasteiger partial charge in [-0.3, -0.25) is 0 Å². The first-order valence-electron chi connectivity index (χ1n) is 5.39. The molecular formula is C13H9FN2O2. The van der Waals surface area contributed by atoms with Crippen molar-refractivity contribution in [2.45, 2.75) is 6.92 Å². The van der Waals surface area contributed by atoms with E-state index in [1.807, 2.05) is 0 Å². The third-order valence-corrected chi connectivity index (χ3v) is 2.61. The molecule has 1 aromatic carbocycles. The van der Waals surface area contributed by atoms with Crippen LogP contribution in [0.15, 0.2) is 39.5 Å². The molecular weight excluding hydrogens is 235 g/mol. The molecule has 1 N–H and O–H groups in total. The highest BCUT2D eigenvalue weighted by atomic mass is 19.1. The van der Waals surface area contributed by atoms with Crippen molar-refractivity contribution in [3.05, 3.63) is 52.3 Å². The number of halogens is 1. The molecule has 0 saturated heterocycles. The lowest BCUT2D eigenvalue weighted by Crippen LogP contribution is -2.11. The minimum atomic E-state index is -0.434. The third-order valence-electron chi connectivity index (χ3n) is 2.61. The summed E-state index contributed by atoms with van der Waals surface area (Å²) in [6, 6.07) is 7.62. The van der Waals surface area contributed by atoms with Crippen LogP contribution in [0.3, 0.4) is 0 Å². The molecule has 4 nitrogen and oxygen atoms in total. The molecule has 2 heterocycles. The van der Waals surface area contributed by atoms with Crippen molar-refractivity contribution >= 4 is 11.0 Å². The van der Waals surface area contributed by atoms with Crippen molar-refractivity contribution in [3.63, 3.8) is 0 Å². The lowest BCUT2D eigenvalue weighted by atomic mass is 10.2. The quantitative estimate of drug-likeness (QED) is 0.715. The van der Waals surface area contributed by atoms with Gasteiger partial charge in [0.05, 0.1) is 0 Å². The van der Waals surface area contributed by atoms with E-state index in [0.717, 1.165) is 0 Å². The number of nitrogens with one attached hydrogen (secondary N) is 1. The molecule has 90 valence electrons. The molecule has 0 bridgehead atoms. The highest BCUT2D eigenvalue weighted by molar-refractivity contribution is 5.82. The number of rotatable bonds is 1. The summed E-state index contributed by atoms with van der Waals surface area (Å²) in [5.74, 6) is 0.120. The zero-order valence-electron chi connectivity index (χ0n) is 9.53. The number of nitrogens with zero attached hydrogens (tertiary/aromatic N) is 1. The van der Waals surface area contributed by atoms with Crippen LogP contribution in [0, 0.1) is 12.7 Å². The van der Waals surface area contributed by atoms with Gasteiger partial charge in [-0.25, -0.2) is 9.18 Å². The monoisotopic (exact) mass is 244 g/mol. The van der Waals surface area contributed by atoms with Crippen LogP contribution in [0.2, 0.25) is 0 Å². The van der Waals surface area contributed by atoms with Crippen LogP contribution in [-0.2, 0) is 0 Å². The summed E-state index contributed by atoms with van der Waals surface area (Å²) in [5, 5.41) is 0.643. The molecule has 0 atom stereocenters. The average molecular weight is 244 g/mol. The van der Waals surface area contributed by atoms with Crippen molar-refractivity contribution in [2.24, 2.45) is 0 Å². The van der Waals surface area contributed by atoms with E-state index in [2.05, 4.69) is 9.97 Å². The van der Waals surface area contributed by atoms with E-state index >= 15 is 0 Å². The number of hydrogen-bond donors (Lipinski definition) is 1. The van der Waals surface area contributed by atoms with Crippen LogP contribution in [-0.4, -0.2) is 9.97 Å². The van der Waals surface area contributed by atoms with Crippen LogP contribution >= 0.6 is 0 Å². The highest BCUT2D eigenvalue weighted by Gasteiger charge is 2.09. The number of aromatic amines is 1. The van der Waals surface area contributed by atoms with Gasteiger partial charge >= 0.3 is 5.69 Å². The Bertz CT molecular complexity index is 789. The van der Waals surface area contributed by atoms with Crippen molar-refractivity contribution in [2.75, 3.05) is 0 Å². The topological polar surface area (TPSA) is 58.9 Å².